The van der Waals surface area contributed by atoms with Gasteiger partial charge in [-0.25, -0.2) is 4.99 Å². The zero-order chi connectivity index (χ0) is 27.2. The third-order valence-electron chi connectivity index (χ3n) is 6.26. The Balaban J connectivity index is 1.41. The molecule has 0 radical (unpaired) electrons. The molecule has 1 atom stereocenters. The summed E-state index contributed by atoms with van der Waals surface area (Å²) in [6, 6.07) is 34.7. The molecule has 4 aromatic carbocycles. The molecule has 0 unspecified atom stereocenters. The van der Waals surface area contributed by atoms with Gasteiger partial charge in [-0.2, -0.15) is 5.26 Å². The molecule has 0 bridgehead atoms. The van der Waals surface area contributed by atoms with Crippen LogP contribution in [0.5, 0.6) is 5.75 Å². The number of hydrogen-bond donors (Lipinski definition) is 0. The van der Waals surface area contributed by atoms with Crippen molar-refractivity contribution in [2.75, 3.05) is 0 Å². The largest absolute Gasteiger partial charge is 0.488 e. The molecule has 5 rings (SSSR count). The van der Waals surface area contributed by atoms with Crippen LogP contribution in [-0.2, 0) is 11.4 Å². The summed E-state index contributed by atoms with van der Waals surface area (Å²) in [6.07, 6.45) is 1.88. The number of nitriles is 1. The summed E-state index contributed by atoms with van der Waals surface area (Å²) in [5, 5.41) is 9.96. The van der Waals surface area contributed by atoms with Gasteiger partial charge in [0, 0.05) is 5.56 Å². The lowest BCUT2D eigenvalue weighted by Gasteiger charge is -2.24. The SMILES string of the molecule is C[C@H](c1ccccc1)N1C(=O)/C(=C\c2ccc(OCc3ccccc3C#N)c(Br)c2)SC1=Nc1ccccc1. The lowest BCUT2D eigenvalue weighted by molar-refractivity contribution is -0.123. The van der Waals surface area contributed by atoms with E-state index in [-0.39, 0.29) is 18.6 Å². The van der Waals surface area contributed by atoms with Crippen LogP contribution >= 0.6 is 27.7 Å². The third kappa shape index (κ3) is 6.14. The number of amides is 1. The highest BCUT2D eigenvalue weighted by molar-refractivity contribution is 9.10. The van der Waals surface area contributed by atoms with Crippen molar-refractivity contribution in [3.8, 4) is 11.8 Å². The highest BCUT2D eigenvalue weighted by atomic mass is 79.9. The molecule has 0 saturated carbocycles. The van der Waals surface area contributed by atoms with Gasteiger partial charge in [0.25, 0.3) is 5.91 Å². The summed E-state index contributed by atoms with van der Waals surface area (Å²) in [7, 11) is 0. The zero-order valence-corrected chi connectivity index (χ0v) is 23.5. The number of rotatable bonds is 7. The second-order valence-corrected chi connectivity index (χ2v) is 10.7. The number of nitrogens with zero attached hydrogens (tertiary/aromatic N) is 3. The first-order valence-electron chi connectivity index (χ1n) is 12.4. The first-order chi connectivity index (χ1) is 19.0. The Morgan fingerprint density at radius 3 is 2.41 bits per heavy atom. The summed E-state index contributed by atoms with van der Waals surface area (Å²) in [5.74, 6) is 0.566. The maximum absolute atomic E-state index is 13.7. The lowest BCUT2D eigenvalue weighted by atomic mass is 10.1. The molecule has 5 nitrogen and oxygen atoms in total. The van der Waals surface area contributed by atoms with Gasteiger partial charge in [0.2, 0.25) is 0 Å². The number of carbonyl (C=O) groups is 1. The fourth-order valence-electron chi connectivity index (χ4n) is 4.19. The molecule has 0 aliphatic carbocycles. The van der Waals surface area contributed by atoms with Gasteiger partial charge < -0.3 is 4.74 Å². The van der Waals surface area contributed by atoms with Crippen LogP contribution in [-0.4, -0.2) is 16.0 Å². The number of halogens is 1. The summed E-state index contributed by atoms with van der Waals surface area (Å²) in [5.41, 5.74) is 4.10. The zero-order valence-electron chi connectivity index (χ0n) is 21.1. The fraction of sp³-hybridized carbons (Fsp3) is 0.0938. The van der Waals surface area contributed by atoms with Gasteiger partial charge in [-0.1, -0.05) is 72.8 Å². The molecule has 0 N–H and O–H groups in total. The maximum atomic E-state index is 13.7. The van der Waals surface area contributed by atoms with Crippen molar-refractivity contribution in [3.05, 3.63) is 135 Å². The minimum atomic E-state index is -0.182. The topological polar surface area (TPSA) is 65.7 Å². The third-order valence-corrected chi connectivity index (χ3v) is 7.86. The summed E-state index contributed by atoms with van der Waals surface area (Å²) < 4.78 is 6.73. The monoisotopic (exact) mass is 593 g/mol. The predicted molar refractivity (Wildman–Crippen MR) is 160 cm³/mol. The van der Waals surface area contributed by atoms with E-state index >= 15 is 0 Å². The summed E-state index contributed by atoms with van der Waals surface area (Å²) in [4.78, 5) is 20.9. The van der Waals surface area contributed by atoms with Crippen molar-refractivity contribution >= 4 is 50.5 Å². The van der Waals surface area contributed by atoms with Crippen molar-refractivity contribution < 1.29 is 9.53 Å². The number of para-hydroxylation sites is 1. The molecule has 4 aromatic rings. The van der Waals surface area contributed by atoms with E-state index in [9.17, 15) is 10.1 Å². The minimum Gasteiger partial charge on any atom is -0.488 e. The molecular weight excluding hydrogens is 570 g/mol. The Morgan fingerprint density at radius 2 is 1.69 bits per heavy atom. The van der Waals surface area contributed by atoms with Crippen molar-refractivity contribution in [2.24, 2.45) is 4.99 Å². The van der Waals surface area contributed by atoms with Crippen LogP contribution in [0.3, 0.4) is 0 Å². The highest BCUT2D eigenvalue weighted by Crippen LogP contribution is 2.39. The summed E-state index contributed by atoms with van der Waals surface area (Å²) in [6.45, 7) is 2.30. The number of aliphatic imine (C=N–C) groups is 1. The summed E-state index contributed by atoms with van der Waals surface area (Å²) >= 11 is 4.97. The first-order valence-corrected chi connectivity index (χ1v) is 14.0. The van der Waals surface area contributed by atoms with Gasteiger partial charge in [-0.05, 0) is 82.2 Å². The van der Waals surface area contributed by atoms with Gasteiger partial charge in [0.15, 0.2) is 5.17 Å². The molecule has 1 saturated heterocycles. The minimum absolute atomic E-state index is 0.0874. The van der Waals surface area contributed by atoms with Crippen LogP contribution in [0, 0.1) is 11.3 Å². The van der Waals surface area contributed by atoms with E-state index < -0.39 is 0 Å². The van der Waals surface area contributed by atoms with Gasteiger partial charge >= 0.3 is 0 Å². The van der Waals surface area contributed by atoms with Gasteiger partial charge in [-0.15, -0.1) is 0 Å². The normalized spacial score (nSPS) is 15.9. The quantitative estimate of drug-likeness (QED) is 0.202. The molecular formula is C32H24BrN3O2S. The molecule has 1 aliphatic rings. The molecule has 1 aliphatic heterocycles. The Bertz CT molecular complexity index is 1600. The van der Waals surface area contributed by atoms with Crippen molar-refractivity contribution in [1.29, 1.82) is 5.26 Å². The standard InChI is InChI=1S/C32H24BrN3O2S/c1-22(24-10-4-2-5-11-24)36-31(37)30(39-32(36)35-27-14-6-3-7-15-27)19-23-16-17-29(28(33)18-23)38-21-26-13-9-8-12-25(26)20-34/h2-19,22H,21H2,1H3/b30-19+,35-32?/t22-/m1/s1. The number of thioether (sulfide) groups is 1. The lowest BCUT2D eigenvalue weighted by Crippen LogP contribution is -2.32. The van der Waals surface area contributed by atoms with Gasteiger partial charge in [0.05, 0.1) is 32.7 Å². The number of benzene rings is 4. The molecule has 1 fully saturated rings. The van der Waals surface area contributed by atoms with E-state index in [1.54, 1.807) is 11.0 Å². The number of ether oxygens (including phenoxy) is 1. The van der Waals surface area contributed by atoms with Crippen molar-refractivity contribution in [3.63, 3.8) is 0 Å². The number of amidine groups is 1. The van der Waals surface area contributed by atoms with E-state index in [2.05, 4.69) is 22.0 Å². The Labute approximate surface area is 240 Å². The smallest absolute Gasteiger partial charge is 0.267 e. The van der Waals surface area contributed by atoms with Crippen LogP contribution < -0.4 is 4.74 Å². The van der Waals surface area contributed by atoms with Crippen molar-refractivity contribution in [1.82, 2.24) is 4.90 Å². The van der Waals surface area contributed by atoms with Crippen LogP contribution in [0.25, 0.3) is 6.08 Å². The second-order valence-electron chi connectivity index (χ2n) is 8.85. The average Bonchev–Trinajstić information content (AvgIpc) is 3.27. The fourth-order valence-corrected chi connectivity index (χ4v) is 5.76. The molecule has 7 heteroatoms. The number of carbonyl (C=O) groups excluding carboxylic acids is 1. The van der Waals surface area contributed by atoms with E-state index in [0.717, 1.165) is 26.9 Å². The van der Waals surface area contributed by atoms with E-state index in [1.165, 1.54) is 11.8 Å². The average molecular weight is 595 g/mol. The molecule has 0 spiro atoms. The Kier molecular flexibility index (Phi) is 8.26. The number of hydrogen-bond acceptors (Lipinski definition) is 5. The van der Waals surface area contributed by atoms with Gasteiger partial charge in [0.1, 0.15) is 12.4 Å². The molecule has 192 valence electrons. The molecule has 39 heavy (non-hydrogen) atoms. The molecule has 1 heterocycles. The van der Waals surface area contributed by atoms with E-state index in [1.807, 2.05) is 110 Å². The first kappa shape index (κ1) is 26.5. The highest BCUT2D eigenvalue weighted by Gasteiger charge is 2.37. The Hall–Kier alpha value is -4.12. The molecule has 1 amide bonds. The van der Waals surface area contributed by atoms with E-state index in [4.69, 9.17) is 9.73 Å². The van der Waals surface area contributed by atoms with Crippen LogP contribution in [0.15, 0.2) is 117 Å². The van der Waals surface area contributed by atoms with Crippen LogP contribution in [0.4, 0.5) is 5.69 Å². The molecule has 0 aromatic heterocycles. The van der Waals surface area contributed by atoms with Crippen LogP contribution in [0.2, 0.25) is 0 Å². The maximum Gasteiger partial charge on any atom is 0.267 e. The van der Waals surface area contributed by atoms with Gasteiger partial charge in [-0.3, -0.25) is 9.69 Å². The Morgan fingerprint density at radius 1 is 1.00 bits per heavy atom. The second kappa shape index (κ2) is 12.2. The van der Waals surface area contributed by atoms with Crippen LogP contribution in [0.1, 0.15) is 35.2 Å². The van der Waals surface area contributed by atoms with E-state index in [0.29, 0.717) is 21.4 Å². The van der Waals surface area contributed by atoms with Crippen molar-refractivity contribution in [2.45, 2.75) is 19.6 Å². The predicted octanol–water partition coefficient (Wildman–Crippen LogP) is 8.26.